The molecule has 0 saturated carbocycles. The fraction of sp³-hybridized carbons (Fsp3) is 0.325. The van der Waals surface area contributed by atoms with E-state index in [0.717, 1.165) is 55.7 Å². The van der Waals surface area contributed by atoms with Crippen LogP contribution in [0.3, 0.4) is 0 Å². The molecule has 4 N–H and O–H groups in total. The van der Waals surface area contributed by atoms with Gasteiger partial charge in [0.1, 0.15) is 50.2 Å². The Balaban J connectivity index is 1.45. The first-order valence-electron chi connectivity index (χ1n) is 17.3. The molecule has 0 saturated heterocycles. The van der Waals surface area contributed by atoms with Gasteiger partial charge in [0, 0.05) is 61.5 Å². The van der Waals surface area contributed by atoms with Crippen molar-refractivity contribution in [3.63, 3.8) is 0 Å². The molecule has 3 aromatic rings. The summed E-state index contributed by atoms with van der Waals surface area (Å²) >= 11 is 0. The Morgan fingerprint density at radius 2 is 1.40 bits per heavy atom. The Labute approximate surface area is 303 Å². The van der Waals surface area contributed by atoms with E-state index in [2.05, 4.69) is 36.4 Å². The minimum atomic E-state index is -0.482. The normalized spacial score (nSPS) is 14.0. The molecule has 3 aromatic carbocycles. The Hall–Kier alpha value is -5.75. The predicted molar refractivity (Wildman–Crippen MR) is 206 cm³/mol. The third-order valence-electron chi connectivity index (χ3n) is 9.07. The van der Waals surface area contributed by atoms with Crippen LogP contribution in [0, 0.1) is 6.92 Å². The monoisotopic (exact) mass is 707 g/mol. The minimum absolute atomic E-state index is 0.00431. The average Bonchev–Trinajstić information content (AvgIpc) is 3.10. The highest BCUT2D eigenvalue weighted by atomic mass is 16.5. The van der Waals surface area contributed by atoms with E-state index in [1.165, 1.54) is 0 Å². The van der Waals surface area contributed by atoms with Gasteiger partial charge in [-0.3, -0.25) is 9.59 Å². The second-order valence-electron chi connectivity index (χ2n) is 13.4. The molecule has 0 radical (unpaired) electrons. The summed E-state index contributed by atoms with van der Waals surface area (Å²) in [6.45, 7) is 3.76. The third kappa shape index (κ3) is 8.07. The van der Waals surface area contributed by atoms with Crippen LogP contribution in [0.15, 0.2) is 77.2 Å². The van der Waals surface area contributed by atoms with Crippen molar-refractivity contribution in [3.05, 3.63) is 83.7 Å². The van der Waals surface area contributed by atoms with Gasteiger partial charge in [-0.25, -0.2) is 4.58 Å². The number of benzene rings is 4. The minimum Gasteiger partial charge on any atom is -0.488 e. The summed E-state index contributed by atoms with van der Waals surface area (Å²) in [5, 5.41) is 1.97. The van der Waals surface area contributed by atoms with Crippen molar-refractivity contribution in [2.24, 2.45) is 11.5 Å². The summed E-state index contributed by atoms with van der Waals surface area (Å²) in [6.07, 6.45) is 0. The molecule has 12 nitrogen and oxygen atoms in total. The van der Waals surface area contributed by atoms with Crippen LogP contribution in [-0.4, -0.2) is 92.6 Å². The highest BCUT2D eigenvalue weighted by Crippen LogP contribution is 2.43. The van der Waals surface area contributed by atoms with Crippen LogP contribution in [0.4, 0.5) is 17.1 Å². The van der Waals surface area contributed by atoms with Gasteiger partial charge >= 0.3 is 0 Å². The molecule has 0 bridgehead atoms. The van der Waals surface area contributed by atoms with Crippen LogP contribution in [0.1, 0.15) is 5.56 Å². The Morgan fingerprint density at radius 1 is 0.769 bits per heavy atom. The summed E-state index contributed by atoms with van der Waals surface area (Å²) < 4.78 is 27.4. The van der Waals surface area contributed by atoms with Gasteiger partial charge in [0.05, 0.1) is 43.7 Å². The van der Waals surface area contributed by atoms with Gasteiger partial charge in [-0.2, -0.15) is 0 Å². The molecule has 3 aliphatic rings. The predicted octanol–water partition coefficient (Wildman–Crippen LogP) is 3.68. The van der Waals surface area contributed by atoms with Crippen LogP contribution in [-0.2, 0) is 14.3 Å². The molecule has 0 aromatic heterocycles. The number of ether oxygens (including phenoxy) is 3. The molecule has 2 amide bonds. The first-order chi connectivity index (χ1) is 25.0. The van der Waals surface area contributed by atoms with Gasteiger partial charge in [0.2, 0.25) is 17.2 Å². The zero-order valence-electron chi connectivity index (χ0n) is 30.5. The molecule has 0 fully saturated rings. The maximum atomic E-state index is 12.3. The van der Waals surface area contributed by atoms with Crippen LogP contribution < -0.4 is 45.6 Å². The van der Waals surface area contributed by atoms with Crippen LogP contribution in [0.25, 0.3) is 33.4 Å². The van der Waals surface area contributed by atoms with Crippen LogP contribution in [0.5, 0.6) is 11.5 Å². The number of hydrogen-bond acceptors (Lipinski definition) is 9. The zero-order chi connectivity index (χ0) is 36.9. The van der Waals surface area contributed by atoms with E-state index in [9.17, 15) is 9.59 Å². The molecule has 1 aliphatic carbocycles. The number of hydrogen-bond donors (Lipinski definition) is 2. The highest BCUT2D eigenvalue weighted by Gasteiger charge is 2.23. The lowest BCUT2D eigenvalue weighted by Crippen LogP contribution is -2.38. The molecule has 0 atom stereocenters. The van der Waals surface area contributed by atoms with E-state index in [1.807, 2.05) is 90.8 Å². The number of anilines is 3. The van der Waals surface area contributed by atoms with Gasteiger partial charge < -0.3 is 44.8 Å². The number of nitrogens with two attached hydrogens (primary N) is 2. The number of aryl methyl sites for hydroxylation is 1. The van der Waals surface area contributed by atoms with E-state index in [1.54, 1.807) is 0 Å². The number of carbonyl (C=O) groups is 2. The molecule has 2 heterocycles. The summed E-state index contributed by atoms with van der Waals surface area (Å²) in [4.78, 5) is 30.1. The maximum absolute atomic E-state index is 12.3. The quantitative estimate of drug-likeness (QED) is 0.200. The number of rotatable bonds is 6. The summed E-state index contributed by atoms with van der Waals surface area (Å²) in [6, 6.07) is 24.3. The van der Waals surface area contributed by atoms with Crippen molar-refractivity contribution in [2.75, 3.05) is 95.5 Å². The molecule has 12 heteroatoms. The van der Waals surface area contributed by atoms with Crippen molar-refractivity contribution in [2.45, 2.75) is 6.92 Å². The zero-order valence-corrected chi connectivity index (χ0v) is 30.5. The maximum Gasteiger partial charge on any atom is 0.236 e. The summed E-state index contributed by atoms with van der Waals surface area (Å²) in [7, 11) is 8.01. The van der Waals surface area contributed by atoms with E-state index >= 15 is 0 Å². The fourth-order valence-electron chi connectivity index (χ4n) is 6.48. The van der Waals surface area contributed by atoms with Crippen molar-refractivity contribution in [3.8, 4) is 33.9 Å². The average molecular weight is 708 g/mol. The Kier molecular flexibility index (Phi) is 10.8. The molecule has 52 heavy (non-hydrogen) atoms. The number of carbonyl (C=O) groups excluding carboxylic acids is 2. The number of amides is 2. The Morgan fingerprint density at radius 3 is 2.02 bits per heavy atom. The number of nitrogens with zero attached hydrogens (tertiary/aromatic N) is 4. The first kappa shape index (κ1) is 36.1. The standard InChI is InChI=1S/C40H46N6O6/c1-26-6-12-32-36(20-26)50-18-19-51-37-21-27(7-13-33(37)46(25-39(42)48)15-17-49-16-14-45(32)24-38(41)47)40-30-10-8-28(43(2)3)22-34(30)52-35-23-29(44(4)5)9-11-31(35)40/h6-13,20-23H,14-19,24-25H2,1-5H3,(H3-,41,42,47,48)/p+1. The molecule has 2 aliphatic heterocycles. The molecular formula is C40H47N6O6+. The third-order valence-corrected chi connectivity index (χ3v) is 9.07. The number of fused-ring (bicyclic) bond motifs is 4. The van der Waals surface area contributed by atoms with Gasteiger partial charge in [-0.1, -0.05) is 12.1 Å². The highest BCUT2D eigenvalue weighted by molar-refractivity contribution is 6.03. The van der Waals surface area contributed by atoms with Crippen molar-refractivity contribution in [1.82, 2.24) is 4.58 Å². The lowest BCUT2D eigenvalue weighted by molar-refractivity contribution is -0.117. The molecular weight excluding hydrogens is 660 g/mol. The van der Waals surface area contributed by atoms with Crippen molar-refractivity contribution < 1.29 is 28.2 Å². The van der Waals surface area contributed by atoms with Gasteiger partial charge in [0.15, 0.2) is 0 Å². The van der Waals surface area contributed by atoms with Gasteiger partial charge in [-0.15, -0.1) is 0 Å². The molecule has 0 spiro atoms. The fourth-order valence-corrected chi connectivity index (χ4v) is 6.48. The van der Waals surface area contributed by atoms with E-state index in [0.29, 0.717) is 43.5 Å². The molecule has 272 valence electrons. The smallest absolute Gasteiger partial charge is 0.236 e. The molecule has 6 rings (SSSR count). The topological polar surface area (TPSA) is 140 Å². The van der Waals surface area contributed by atoms with Crippen molar-refractivity contribution in [1.29, 1.82) is 0 Å². The second kappa shape index (κ2) is 15.6. The van der Waals surface area contributed by atoms with Gasteiger partial charge in [0.25, 0.3) is 0 Å². The van der Waals surface area contributed by atoms with E-state index in [4.69, 9.17) is 30.1 Å². The lowest BCUT2D eigenvalue weighted by Gasteiger charge is -2.27. The lowest BCUT2D eigenvalue weighted by atomic mass is 9.93. The Bertz CT molecular complexity index is 2140. The van der Waals surface area contributed by atoms with E-state index < -0.39 is 11.8 Å². The SMILES string of the molecule is Cc1ccc2c(c1)OCCOc1cc(-c3c4ccc(=[N+](C)C)cc-4oc4cc(N(C)C)ccc34)ccc1N(CC(N)=O)CCOCCN2CC(N)=O. The number of primary amides is 2. The summed E-state index contributed by atoms with van der Waals surface area (Å²) in [5.74, 6) is 0.987. The van der Waals surface area contributed by atoms with E-state index in [-0.39, 0.29) is 26.3 Å². The van der Waals surface area contributed by atoms with Gasteiger partial charge in [-0.05, 0) is 60.5 Å². The van der Waals surface area contributed by atoms with Crippen molar-refractivity contribution >= 4 is 39.8 Å². The first-order valence-corrected chi connectivity index (χ1v) is 17.3. The largest absolute Gasteiger partial charge is 0.488 e. The second-order valence-corrected chi connectivity index (χ2v) is 13.4. The van der Waals surface area contributed by atoms with Crippen LogP contribution >= 0.6 is 0 Å². The van der Waals surface area contributed by atoms with Crippen LogP contribution in [0.2, 0.25) is 0 Å². The molecule has 0 unspecified atom stereocenters. The summed E-state index contributed by atoms with van der Waals surface area (Å²) in [5.41, 5.74) is 18.4.